The summed E-state index contributed by atoms with van der Waals surface area (Å²) in [5.74, 6) is 0.966. The van der Waals surface area contributed by atoms with Crippen molar-refractivity contribution in [2.75, 3.05) is 9.80 Å². The highest BCUT2D eigenvalue weighted by Gasteiger charge is 2.30. The highest BCUT2D eigenvalue weighted by Crippen LogP contribution is 2.53. The highest BCUT2D eigenvalue weighted by molar-refractivity contribution is 6.30. The molecule has 2 aliphatic rings. The molecule has 0 spiro atoms. The van der Waals surface area contributed by atoms with Crippen LogP contribution in [0.2, 0.25) is 0 Å². The van der Waals surface area contributed by atoms with Crippen molar-refractivity contribution in [2.24, 2.45) is 0 Å². The average molecular weight is 1010 g/mol. The Kier molecular flexibility index (Phi) is 10.5. The number of fused-ring (bicyclic) bond motifs is 10. The fourth-order valence-electron chi connectivity index (χ4n) is 14.7. The number of rotatable bonds is 8. The number of aryl methyl sites for hydroxylation is 2. The lowest BCUT2D eigenvalue weighted by Gasteiger charge is -2.30. The van der Waals surface area contributed by atoms with E-state index in [-0.39, 0.29) is 0 Å². The van der Waals surface area contributed by atoms with Crippen LogP contribution < -0.4 is 9.80 Å². The van der Waals surface area contributed by atoms with Gasteiger partial charge in [0.25, 0.3) is 0 Å². The molecule has 378 valence electrons. The minimum Gasteiger partial charge on any atom is -0.454 e. The number of hydrogen-bond acceptors (Lipinski definition) is 4. The van der Waals surface area contributed by atoms with Crippen molar-refractivity contribution >= 4 is 132 Å². The van der Waals surface area contributed by atoms with E-state index in [4.69, 9.17) is 8.83 Å². The van der Waals surface area contributed by atoms with Gasteiger partial charge in [0, 0.05) is 43.7 Å². The van der Waals surface area contributed by atoms with Crippen molar-refractivity contribution in [1.29, 1.82) is 0 Å². The zero-order valence-electron chi connectivity index (χ0n) is 44.4. The fraction of sp³-hybridized carbons (Fsp3) is 0.189. The summed E-state index contributed by atoms with van der Waals surface area (Å²) in [5.41, 5.74) is 15.6. The monoisotopic (exact) mass is 1010 g/mol. The normalized spacial score (nSPS) is 14.9. The van der Waals surface area contributed by atoms with Gasteiger partial charge in [0.2, 0.25) is 0 Å². The van der Waals surface area contributed by atoms with Crippen molar-refractivity contribution in [1.82, 2.24) is 0 Å². The van der Waals surface area contributed by atoms with Crippen LogP contribution in [0.25, 0.3) is 97.7 Å². The Labute approximate surface area is 454 Å². The molecule has 2 aromatic heterocycles. The van der Waals surface area contributed by atoms with Gasteiger partial charge in [-0.05, 0) is 171 Å². The molecule has 0 atom stereocenters. The second-order valence-corrected chi connectivity index (χ2v) is 22.8. The van der Waals surface area contributed by atoms with E-state index in [2.05, 4.69) is 218 Å². The van der Waals surface area contributed by atoms with Crippen LogP contribution in [0.4, 0.5) is 34.1 Å². The number of nitrogens with zero attached hydrogens (tertiary/aromatic N) is 2. The molecule has 0 radical (unpaired) electrons. The minimum absolute atomic E-state index is 0.482. The lowest BCUT2D eigenvalue weighted by molar-refractivity contribution is 0.442. The van der Waals surface area contributed by atoms with Crippen molar-refractivity contribution in [2.45, 2.75) is 89.9 Å². The number of hydrogen-bond donors (Lipinski definition) is 0. The molecule has 78 heavy (non-hydrogen) atoms. The maximum atomic E-state index is 7.49. The topological polar surface area (TPSA) is 32.8 Å². The molecule has 16 rings (SSSR count). The van der Waals surface area contributed by atoms with E-state index in [0.29, 0.717) is 11.8 Å². The Hall–Kier alpha value is -8.60. The molecule has 0 N–H and O–H groups in total. The van der Waals surface area contributed by atoms with Gasteiger partial charge in [-0.1, -0.05) is 178 Å². The van der Waals surface area contributed by atoms with Crippen LogP contribution in [-0.2, 0) is 0 Å². The largest absolute Gasteiger partial charge is 0.454 e. The maximum Gasteiger partial charge on any atom is 0.159 e. The number of para-hydroxylation sites is 3. The first-order valence-corrected chi connectivity index (χ1v) is 28.7. The summed E-state index contributed by atoms with van der Waals surface area (Å²) >= 11 is 0. The molecule has 2 saturated carbocycles. The third-order valence-electron chi connectivity index (χ3n) is 18.4. The van der Waals surface area contributed by atoms with Crippen LogP contribution in [0.15, 0.2) is 203 Å². The third kappa shape index (κ3) is 6.91. The number of anilines is 6. The van der Waals surface area contributed by atoms with E-state index in [0.717, 1.165) is 61.8 Å². The summed E-state index contributed by atoms with van der Waals surface area (Å²) < 4.78 is 14.9. The molecular weight excluding hydrogens is 949 g/mol. The molecule has 2 heterocycles. The first-order chi connectivity index (χ1) is 38.6. The lowest BCUT2D eigenvalue weighted by atomic mass is 9.82. The SMILES string of the molecule is Cc1ccccc1N(c1ccc2ccc3c(N(c4ccccc4)c4ccc(C)c5c4oc4c(C6CCCCC6)cc6ccccc6c45)ccc4ccc1c2c43)c1cccc2c1oc1c(C3CCCCC3)cc3ccccc3c12. The molecule has 0 aliphatic heterocycles. The number of benzene rings is 12. The molecular formula is C74H60N2O2. The molecule has 2 aliphatic carbocycles. The molecule has 0 saturated heterocycles. The molecule has 14 aromatic rings. The summed E-state index contributed by atoms with van der Waals surface area (Å²) in [6.07, 6.45) is 12.5. The van der Waals surface area contributed by atoms with Gasteiger partial charge >= 0.3 is 0 Å². The molecule has 4 heteroatoms. The van der Waals surface area contributed by atoms with E-state index in [1.54, 1.807) is 0 Å². The van der Waals surface area contributed by atoms with Gasteiger partial charge in [-0.2, -0.15) is 0 Å². The van der Waals surface area contributed by atoms with Gasteiger partial charge in [-0.15, -0.1) is 0 Å². The van der Waals surface area contributed by atoms with E-state index >= 15 is 0 Å². The van der Waals surface area contributed by atoms with Crippen LogP contribution >= 0.6 is 0 Å². The van der Waals surface area contributed by atoms with Crippen molar-refractivity contribution in [3.63, 3.8) is 0 Å². The standard InChI is InChI=1S/C74H60N2O2/c1-45-19-12-17-31-61(45)76(64-32-18-30-58-69-54-28-15-13-24-51(54)43-59(72(69)77-71(58)64)47-20-6-3-7-21-47)63-42-37-50-34-38-56-62(41-36-49-35-39-57(63)68(50)67(49)56)75(53-26-10-5-11-27-53)65-40-33-46(2)66-70-55-29-16-14-25-52(55)44-60(73(70)78-74(65)66)48-22-8-4-9-23-48/h5,10-19,24-44,47-48H,3-4,6-9,20-23H2,1-2H3. The smallest absolute Gasteiger partial charge is 0.159 e. The molecule has 12 aromatic carbocycles. The van der Waals surface area contributed by atoms with Crippen LogP contribution in [0, 0.1) is 13.8 Å². The summed E-state index contributed by atoms with van der Waals surface area (Å²) in [7, 11) is 0. The summed E-state index contributed by atoms with van der Waals surface area (Å²) in [6, 6.07) is 72.7. The molecule has 0 unspecified atom stereocenters. The first-order valence-electron chi connectivity index (χ1n) is 28.7. The van der Waals surface area contributed by atoms with Crippen LogP contribution in [-0.4, -0.2) is 0 Å². The van der Waals surface area contributed by atoms with Crippen LogP contribution in [0.1, 0.15) is 98.3 Å². The van der Waals surface area contributed by atoms with Crippen LogP contribution in [0.3, 0.4) is 0 Å². The Morgan fingerprint density at radius 2 is 0.808 bits per heavy atom. The van der Waals surface area contributed by atoms with E-state index < -0.39 is 0 Å². The van der Waals surface area contributed by atoms with Crippen molar-refractivity contribution in [3.05, 3.63) is 216 Å². The fourth-order valence-corrected chi connectivity index (χ4v) is 14.7. The summed E-state index contributed by atoms with van der Waals surface area (Å²) in [6.45, 7) is 4.49. The van der Waals surface area contributed by atoms with Crippen molar-refractivity contribution < 1.29 is 8.83 Å². The predicted octanol–water partition coefficient (Wildman–Crippen LogP) is 22.3. The zero-order valence-corrected chi connectivity index (χ0v) is 44.4. The Balaban J connectivity index is 0.936. The molecule has 0 amide bonds. The van der Waals surface area contributed by atoms with Crippen LogP contribution in [0.5, 0.6) is 0 Å². The Morgan fingerprint density at radius 1 is 0.308 bits per heavy atom. The maximum absolute atomic E-state index is 7.49. The summed E-state index contributed by atoms with van der Waals surface area (Å²) in [5, 5.41) is 17.2. The van der Waals surface area contributed by atoms with E-state index in [1.807, 2.05) is 0 Å². The quantitative estimate of drug-likeness (QED) is 0.142. The lowest BCUT2D eigenvalue weighted by Crippen LogP contribution is -2.12. The Morgan fingerprint density at radius 3 is 1.46 bits per heavy atom. The second-order valence-electron chi connectivity index (χ2n) is 22.8. The van der Waals surface area contributed by atoms with Gasteiger partial charge in [0.1, 0.15) is 11.2 Å². The average Bonchev–Trinajstić information content (AvgIpc) is 4.29. The van der Waals surface area contributed by atoms with Gasteiger partial charge < -0.3 is 18.6 Å². The number of furan rings is 2. The predicted molar refractivity (Wildman–Crippen MR) is 330 cm³/mol. The van der Waals surface area contributed by atoms with Crippen molar-refractivity contribution in [3.8, 4) is 0 Å². The zero-order chi connectivity index (χ0) is 51.6. The third-order valence-corrected chi connectivity index (χ3v) is 18.4. The Bertz CT molecular complexity index is 4680. The van der Waals surface area contributed by atoms with Gasteiger partial charge in [0.15, 0.2) is 11.2 Å². The van der Waals surface area contributed by atoms with Gasteiger partial charge in [0.05, 0.1) is 22.7 Å². The molecule has 0 bridgehead atoms. The summed E-state index contributed by atoms with van der Waals surface area (Å²) in [4.78, 5) is 4.95. The van der Waals surface area contributed by atoms with E-state index in [1.165, 1.54) is 156 Å². The van der Waals surface area contributed by atoms with E-state index in [9.17, 15) is 0 Å². The second kappa shape index (κ2) is 18.0. The molecule has 2 fully saturated rings. The highest BCUT2D eigenvalue weighted by atomic mass is 16.3. The minimum atomic E-state index is 0.482. The molecule has 4 nitrogen and oxygen atoms in total. The first kappa shape index (κ1) is 45.6. The van der Waals surface area contributed by atoms with Gasteiger partial charge in [-0.25, -0.2) is 0 Å². The van der Waals surface area contributed by atoms with Gasteiger partial charge in [-0.3, -0.25) is 0 Å².